The average Bonchev–Trinajstić information content (AvgIpc) is 2.42. The molecule has 0 aromatic carbocycles. The normalized spacial score (nSPS) is 19.4. The third-order valence-electron chi connectivity index (χ3n) is 4.04. The van der Waals surface area contributed by atoms with Crippen LogP contribution in [0.15, 0.2) is 24.5 Å². The molecule has 1 N–H and O–H groups in total. The van der Waals surface area contributed by atoms with Crippen molar-refractivity contribution in [2.75, 3.05) is 33.2 Å². The van der Waals surface area contributed by atoms with Gasteiger partial charge in [0, 0.05) is 32.0 Å². The van der Waals surface area contributed by atoms with Crippen molar-refractivity contribution in [3.63, 3.8) is 0 Å². The molecule has 0 bridgehead atoms. The minimum atomic E-state index is -0.273. The number of nitrogens with zero attached hydrogens (tertiary/aromatic N) is 3. The third-order valence-corrected chi connectivity index (χ3v) is 4.04. The summed E-state index contributed by atoms with van der Waals surface area (Å²) >= 11 is 0. The van der Waals surface area contributed by atoms with E-state index in [4.69, 9.17) is 0 Å². The number of aliphatic hydroxyl groups is 1. The van der Waals surface area contributed by atoms with E-state index in [0.29, 0.717) is 6.54 Å². The number of piperidine rings is 1. The topological polar surface area (TPSA) is 39.6 Å². The molecule has 0 aliphatic carbocycles. The van der Waals surface area contributed by atoms with Gasteiger partial charge in [-0.25, -0.2) is 0 Å². The lowest BCUT2D eigenvalue weighted by atomic mass is 9.99. The van der Waals surface area contributed by atoms with Crippen molar-refractivity contribution in [1.82, 2.24) is 14.8 Å². The Morgan fingerprint density at radius 3 is 2.85 bits per heavy atom. The Bertz CT molecular complexity index is 377. The predicted molar refractivity (Wildman–Crippen MR) is 81.4 cm³/mol. The highest BCUT2D eigenvalue weighted by molar-refractivity contribution is 5.07. The lowest BCUT2D eigenvalue weighted by Gasteiger charge is -2.32. The van der Waals surface area contributed by atoms with Gasteiger partial charge in [0.05, 0.1) is 6.10 Å². The monoisotopic (exact) mass is 277 g/mol. The highest BCUT2D eigenvalue weighted by Gasteiger charge is 2.19. The van der Waals surface area contributed by atoms with Crippen molar-refractivity contribution in [3.05, 3.63) is 30.1 Å². The standard InChI is InChI=1S/C16H27N3O/c1-14-5-8-19(9-6-14)13-16(20)12-18(2)11-15-4-3-7-17-10-15/h3-4,7,10,14,16,20H,5-6,8-9,11-13H2,1-2H3. The molecule has 1 fully saturated rings. The van der Waals surface area contributed by atoms with E-state index < -0.39 is 0 Å². The molecule has 2 heterocycles. The van der Waals surface area contributed by atoms with E-state index in [1.54, 1.807) is 6.20 Å². The Labute approximate surface area is 122 Å². The minimum Gasteiger partial charge on any atom is -0.390 e. The summed E-state index contributed by atoms with van der Waals surface area (Å²) in [6.07, 6.45) is 5.92. The molecule has 1 atom stereocenters. The summed E-state index contributed by atoms with van der Waals surface area (Å²) in [5, 5.41) is 10.2. The van der Waals surface area contributed by atoms with Crippen LogP contribution in [0.3, 0.4) is 0 Å². The fourth-order valence-electron chi connectivity index (χ4n) is 2.83. The van der Waals surface area contributed by atoms with Crippen LogP contribution < -0.4 is 0 Å². The van der Waals surface area contributed by atoms with Crippen molar-refractivity contribution < 1.29 is 5.11 Å². The van der Waals surface area contributed by atoms with Crippen LogP contribution in [0.4, 0.5) is 0 Å². The van der Waals surface area contributed by atoms with Crippen LogP contribution >= 0.6 is 0 Å². The Balaban J connectivity index is 1.69. The molecule has 4 heteroatoms. The van der Waals surface area contributed by atoms with Gasteiger partial charge in [-0.3, -0.25) is 9.88 Å². The SMILES string of the molecule is CC1CCN(CC(O)CN(C)Cc2cccnc2)CC1. The molecule has 2 rings (SSSR count). The van der Waals surface area contributed by atoms with E-state index in [2.05, 4.69) is 34.8 Å². The van der Waals surface area contributed by atoms with Crippen LogP contribution in [-0.2, 0) is 6.54 Å². The predicted octanol–water partition coefficient (Wildman–Crippen LogP) is 1.61. The van der Waals surface area contributed by atoms with E-state index in [-0.39, 0.29) is 6.10 Å². The first-order valence-corrected chi connectivity index (χ1v) is 7.61. The van der Waals surface area contributed by atoms with Gasteiger partial charge in [-0.05, 0) is 50.5 Å². The van der Waals surface area contributed by atoms with Crippen LogP contribution in [0.1, 0.15) is 25.3 Å². The Morgan fingerprint density at radius 2 is 2.20 bits per heavy atom. The minimum absolute atomic E-state index is 0.273. The summed E-state index contributed by atoms with van der Waals surface area (Å²) in [5.74, 6) is 0.844. The van der Waals surface area contributed by atoms with Gasteiger partial charge < -0.3 is 10.0 Å². The average molecular weight is 277 g/mol. The first-order chi connectivity index (χ1) is 9.63. The van der Waals surface area contributed by atoms with E-state index >= 15 is 0 Å². The Kier molecular flexibility index (Phi) is 5.95. The van der Waals surface area contributed by atoms with E-state index in [1.807, 2.05) is 12.3 Å². The molecule has 1 aromatic rings. The number of hydrogen-bond donors (Lipinski definition) is 1. The zero-order valence-electron chi connectivity index (χ0n) is 12.7. The largest absolute Gasteiger partial charge is 0.390 e. The summed E-state index contributed by atoms with van der Waals surface area (Å²) in [7, 11) is 2.05. The maximum Gasteiger partial charge on any atom is 0.0793 e. The molecule has 0 saturated carbocycles. The second-order valence-corrected chi connectivity index (χ2v) is 6.19. The van der Waals surface area contributed by atoms with Gasteiger partial charge >= 0.3 is 0 Å². The molecular formula is C16H27N3O. The van der Waals surface area contributed by atoms with E-state index in [0.717, 1.165) is 32.1 Å². The third kappa shape index (κ3) is 5.19. The molecule has 4 nitrogen and oxygen atoms in total. The lowest BCUT2D eigenvalue weighted by Crippen LogP contribution is -2.42. The van der Waals surface area contributed by atoms with Gasteiger partial charge in [0.1, 0.15) is 0 Å². The second kappa shape index (κ2) is 7.72. The second-order valence-electron chi connectivity index (χ2n) is 6.19. The number of aromatic nitrogens is 1. The Morgan fingerprint density at radius 1 is 1.45 bits per heavy atom. The maximum atomic E-state index is 10.2. The summed E-state index contributed by atoms with van der Waals surface area (Å²) in [4.78, 5) is 8.67. The number of β-amino-alcohol motifs (C(OH)–C–C–N with tert-alkyl or cyclic N) is 1. The van der Waals surface area contributed by atoms with E-state index in [9.17, 15) is 5.11 Å². The molecule has 1 aromatic heterocycles. The molecule has 1 unspecified atom stereocenters. The lowest BCUT2D eigenvalue weighted by molar-refractivity contribution is 0.0662. The van der Waals surface area contributed by atoms with Crippen LogP contribution in [0.2, 0.25) is 0 Å². The Hall–Kier alpha value is -0.970. The van der Waals surface area contributed by atoms with Gasteiger partial charge in [0.25, 0.3) is 0 Å². The first kappa shape index (κ1) is 15.4. The van der Waals surface area contributed by atoms with Crippen LogP contribution in [0, 0.1) is 5.92 Å². The maximum absolute atomic E-state index is 10.2. The van der Waals surface area contributed by atoms with E-state index in [1.165, 1.54) is 18.4 Å². The molecule has 0 spiro atoms. The molecule has 0 amide bonds. The number of aliphatic hydroxyl groups excluding tert-OH is 1. The molecule has 1 aliphatic heterocycles. The number of pyridine rings is 1. The number of rotatable bonds is 6. The summed E-state index contributed by atoms with van der Waals surface area (Å²) in [5.41, 5.74) is 1.19. The van der Waals surface area contributed by atoms with Crippen molar-refractivity contribution >= 4 is 0 Å². The van der Waals surface area contributed by atoms with Crippen molar-refractivity contribution in [1.29, 1.82) is 0 Å². The van der Waals surface area contributed by atoms with Crippen LogP contribution in [0.5, 0.6) is 0 Å². The molecule has 112 valence electrons. The smallest absolute Gasteiger partial charge is 0.0793 e. The van der Waals surface area contributed by atoms with Crippen LogP contribution in [-0.4, -0.2) is 59.2 Å². The highest BCUT2D eigenvalue weighted by atomic mass is 16.3. The zero-order valence-corrected chi connectivity index (χ0v) is 12.7. The quantitative estimate of drug-likeness (QED) is 0.857. The fraction of sp³-hybridized carbons (Fsp3) is 0.688. The van der Waals surface area contributed by atoms with Gasteiger partial charge in [0.15, 0.2) is 0 Å². The molecule has 1 saturated heterocycles. The summed E-state index contributed by atoms with van der Waals surface area (Å²) < 4.78 is 0. The fourth-order valence-corrected chi connectivity index (χ4v) is 2.83. The van der Waals surface area contributed by atoms with Crippen molar-refractivity contribution in [2.45, 2.75) is 32.4 Å². The zero-order chi connectivity index (χ0) is 14.4. The van der Waals surface area contributed by atoms with Gasteiger partial charge in [-0.1, -0.05) is 13.0 Å². The summed E-state index contributed by atoms with van der Waals surface area (Å²) in [6, 6.07) is 4.02. The summed E-state index contributed by atoms with van der Waals surface area (Å²) in [6.45, 7) is 6.91. The molecule has 0 radical (unpaired) electrons. The van der Waals surface area contributed by atoms with Gasteiger partial charge in [-0.15, -0.1) is 0 Å². The number of likely N-dealkylation sites (tertiary alicyclic amines) is 1. The first-order valence-electron chi connectivity index (χ1n) is 7.61. The molecule has 1 aliphatic rings. The molecular weight excluding hydrogens is 250 g/mol. The number of hydrogen-bond acceptors (Lipinski definition) is 4. The van der Waals surface area contributed by atoms with Crippen LogP contribution in [0.25, 0.3) is 0 Å². The van der Waals surface area contributed by atoms with Gasteiger partial charge in [0.2, 0.25) is 0 Å². The van der Waals surface area contributed by atoms with Crippen molar-refractivity contribution in [3.8, 4) is 0 Å². The highest BCUT2D eigenvalue weighted by Crippen LogP contribution is 2.16. The molecule has 20 heavy (non-hydrogen) atoms. The van der Waals surface area contributed by atoms with Gasteiger partial charge in [-0.2, -0.15) is 0 Å². The van der Waals surface area contributed by atoms with Crippen molar-refractivity contribution in [2.24, 2.45) is 5.92 Å². The number of likely N-dealkylation sites (N-methyl/N-ethyl adjacent to an activating group) is 1.